The average molecular weight is 1680 g/mol. The first kappa shape index (κ1) is 89.6. The molecule has 0 bridgehead atoms. The molecule has 0 unspecified atom stereocenters. The molecule has 6 aliphatic carbocycles. The zero-order valence-electron chi connectivity index (χ0n) is 71.0. The summed E-state index contributed by atoms with van der Waals surface area (Å²) in [4.78, 5) is 132. The van der Waals surface area contributed by atoms with Gasteiger partial charge >= 0.3 is 0 Å². The Kier molecular flexibility index (Phi) is 31.1. The maximum absolute atomic E-state index is 15.3. The Bertz CT molecular complexity index is 4140. The number of allylic oxidation sites excluding steroid dienone is 24. The highest BCUT2D eigenvalue weighted by molar-refractivity contribution is 6.86. The fourth-order valence-corrected chi connectivity index (χ4v) is 31.8. The summed E-state index contributed by atoms with van der Waals surface area (Å²) in [5.74, 6) is -5.16. The molecule has 0 aliphatic heterocycles. The van der Waals surface area contributed by atoms with Crippen LogP contribution in [0.3, 0.4) is 0 Å². The Labute approximate surface area is 699 Å². The van der Waals surface area contributed by atoms with Crippen molar-refractivity contribution in [1.82, 2.24) is 31.9 Å². The highest BCUT2D eigenvalue weighted by atomic mass is 28.3. The van der Waals surface area contributed by atoms with Gasteiger partial charge in [-0.2, -0.15) is 0 Å². The third kappa shape index (κ3) is 25.7. The molecule has 9 amide bonds. The van der Waals surface area contributed by atoms with Crippen LogP contribution < -0.4 is 47.9 Å². The third-order valence-electron chi connectivity index (χ3n) is 24.3. The van der Waals surface area contributed by atoms with Gasteiger partial charge in [-0.05, 0) is 150 Å². The van der Waals surface area contributed by atoms with Crippen LogP contribution in [0.2, 0.25) is 115 Å². The lowest BCUT2D eigenvalue weighted by Crippen LogP contribution is -2.32. The van der Waals surface area contributed by atoms with Crippen LogP contribution in [0.25, 0.3) is 0 Å². The molecule has 0 saturated heterocycles. The molecule has 0 spiro atoms. The number of carbonyl (C=O) groups excluding carboxylic acids is 9. The number of nitrogens with one attached hydrogen (secondary N) is 9. The van der Waals surface area contributed by atoms with Crippen molar-refractivity contribution in [2.24, 2.45) is 0 Å². The Morgan fingerprint density at radius 3 is 0.504 bits per heavy atom. The number of hydrogen-bond donors (Lipinski definition) is 9. The van der Waals surface area contributed by atoms with Gasteiger partial charge in [0.15, 0.2) is 0 Å². The van der Waals surface area contributed by atoms with E-state index in [1.165, 1.54) is 104 Å². The summed E-state index contributed by atoms with van der Waals surface area (Å²) < 4.78 is 0. The second-order valence-electron chi connectivity index (χ2n) is 36.0. The highest BCUT2D eigenvalue weighted by Crippen LogP contribution is 2.34. The summed E-state index contributed by atoms with van der Waals surface area (Å²) in [6.45, 7) is 30.2. The summed E-state index contributed by atoms with van der Waals surface area (Å²) in [6.07, 6.45) is 48.9. The lowest BCUT2D eigenvalue weighted by Gasteiger charge is -2.24. The van der Waals surface area contributed by atoms with Gasteiger partial charge in [-0.3, -0.25) is 43.2 Å². The summed E-state index contributed by atoms with van der Waals surface area (Å²) >= 11 is 0. The number of amides is 9. The molecule has 9 N–H and O–H groups in total. The normalized spacial score (nSPS) is 15.0. The minimum Gasteiger partial charge on any atom is -0.352 e. The Morgan fingerprint density at radius 2 is 0.368 bits per heavy atom. The van der Waals surface area contributed by atoms with E-state index in [0.29, 0.717) is 39.3 Å². The van der Waals surface area contributed by atoms with Crippen molar-refractivity contribution in [3.05, 3.63) is 263 Å². The molecule has 24 heteroatoms. The number of carbonyl (C=O) groups is 9. The molecule has 0 saturated carbocycles. The summed E-state index contributed by atoms with van der Waals surface area (Å²) in [6, 6.07) is 23.0. The zero-order chi connectivity index (χ0) is 84.1. The number of benzene rings is 4. The molecule has 10 rings (SSSR count). The van der Waals surface area contributed by atoms with E-state index in [4.69, 9.17) is 0 Å². The second kappa shape index (κ2) is 40.6. The fourth-order valence-electron chi connectivity index (χ4n) is 16.2. The van der Waals surface area contributed by atoms with Crippen molar-refractivity contribution in [3.8, 4) is 0 Å². The maximum Gasteiger partial charge on any atom is 0.255 e. The summed E-state index contributed by atoms with van der Waals surface area (Å²) in [7, 11) is -10.5. The second-order valence-corrected chi connectivity index (χ2v) is 65.4. The van der Waals surface area contributed by atoms with Crippen LogP contribution in [-0.2, 0) is 0 Å². The van der Waals surface area contributed by atoms with E-state index in [0.717, 1.165) is 113 Å². The fraction of sp³-hybridized carbons (Fsp3) is 0.387. The van der Waals surface area contributed by atoms with Crippen LogP contribution >= 0.6 is 0 Å². The third-order valence-corrected chi connectivity index (χ3v) is 46.6. The van der Waals surface area contributed by atoms with Gasteiger partial charge < -0.3 is 47.9 Å². The molecule has 0 atom stereocenters. The molecule has 4 aromatic carbocycles. The van der Waals surface area contributed by atoms with Crippen molar-refractivity contribution in [2.45, 2.75) is 192 Å². The SMILES string of the molecule is C[Si](C)(CCCNC(=O)c1cc(NC(=O)c2cc(C(=O)Nc3cc(C(=O)NCCC[Si](C)(C)C4=CC=CC4)cc(C(=O)NCCC[Si](C)(C)C4=CC=CC4)c3)cc(C(=O)Nc3cc(C(=O)NCCC[Si](C)(C)C4=CC=CC4)cc(C(=O)NCCC[Si](C)(C)C4=CC=CC4)c3)c2)cc(C(=O)NCCC[Si](C)(C)C2=CC=CC2)c1)C1=CC=CC1. The molecule has 618 valence electrons. The van der Waals surface area contributed by atoms with Crippen molar-refractivity contribution in [3.63, 3.8) is 0 Å². The van der Waals surface area contributed by atoms with Gasteiger partial charge in [0.2, 0.25) is 0 Å². The minimum absolute atomic E-state index is 0.0797. The van der Waals surface area contributed by atoms with E-state index in [1.54, 1.807) is 0 Å². The first-order valence-corrected chi connectivity index (χ1v) is 61.3. The Morgan fingerprint density at radius 1 is 0.222 bits per heavy atom. The molecular formula is C93H123N9O9Si6. The predicted molar refractivity (Wildman–Crippen MR) is 496 cm³/mol. The standard InChI is InChI=1S/C93H123N9O9Si6/c1-112(2,79-31-13-14-32-79)49-25-43-94-85(103)70-58-71(86(104)95-44-26-50-113(3,4)80-33-15-16-34-80)62-76(61-70)100-91(109)67-55-68(92(110)101-77-63-72(87(105)96-45-27-51-114(5,6)81-35-17-18-36-81)59-73(64-77)88(106)97-46-28-52-115(7,8)82-37-19-20-38-82)57-69(56-67)93(111)102-78-65-74(89(107)98-47-29-53-116(9,10)83-39-21-22-40-83)60-75(66-78)90(108)99-48-30-54-117(11,12)84-41-23-24-42-84/h13-24,31,33,35,37,39,41,55-66H,25-30,32,34,36,38,40,42-54H2,1-12H3,(H,94,103)(H,95,104)(H,96,105)(H,97,106)(H,98,107)(H,99,108)(H,100,109)(H,101,110)(H,102,111). The molecule has 0 heterocycles. The topological polar surface area (TPSA) is 262 Å². The largest absolute Gasteiger partial charge is 0.352 e. The molecule has 0 fully saturated rings. The number of rotatable bonds is 42. The first-order valence-electron chi connectivity index (χ1n) is 42.1. The lowest BCUT2D eigenvalue weighted by molar-refractivity contribution is 0.0938. The van der Waals surface area contributed by atoms with Crippen LogP contribution in [0.15, 0.2) is 213 Å². The lowest BCUT2D eigenvalue weighted by atomic mass is 10.0. The van der Waals surface area contributed by atoms with Crippen molar-refractivity contribution >= 4 is 119 Å². The van der Waals surface area contributed by atoms with E-state index < -0.39 is 102 Å². The molecular weight excluding hydrogens is 1560 g/mol. The molecule has 6 aliphatic rings. The molecule has 0 radical (unpaired) electrons. The maximum atomic E-state index is 15.3. The van der Waals surface area contributed by atoms with Gasteiger partial charge in [0, 0.05) is 106 Å². The van der Waals surface area contributed by atoms with Gasteiger partial charge in [0.1, 0.15) is 0 Å². The molecule has 0 aromatic heterocycles. The van der Waals surface area contributed by atoms with Crippen molar-refractivity contribution < 1.29 is 43.2 Å². The van der Waals surface area contributed by atoms with E-state index >= 15 is 14.4 Å². The highest BCUT2D eigenvalue weighted by Gasteiger charge is 2.33. The quantitative estimate of drug-likeness (QED) is 0.0151. The van der Waals surface area contributed by atoms with Gasteiger partial charge in [0.25, 0.3) is 53.2 Å². The predicted octanol–water partition coefficient (Wildman–Crippen LogP) is 19.0. The average Bonchev–Trinajstić information content (AvgIpc) is 1.58. The van der Waals surface area contributed by atoms with Gasteiger partial charge in [0.05, 0.1) is 48.4 Å². The van der Waals surface area contributed by atoms with Gasteiger partial charge in [-0.1, -0.05) is 255 Å². The van der Waals surface area contributed by atoms with E-state index in [-0.39, 0.29) is 67.1 Å². The van der Waals surface area contributed by atoms with E-state index in [1.807, 2.05) is 0 Å². The summed E-state index contributed by atoms with van der Waals surface area (Å²) in [5.41, 5.74) is 0.392. The van der Waals surface area contributed by atoms with Crippen molar-refractivity contribution in [2.75, 3.05) is 55.2 Å². The molecule has 18 nitrogen and oxygen atoms in total. The van der Waals surface area contributed by atoms with Crippen LogP contribution in [0.5, 0.6) is 0 Å². The van der Waals surface area contributed by atoms with Crippen LogP contribution in [0, 0.1) is 0 Å². The van der Waals surface area contributed by atoms with Crippen LogP contribution in [0.4, 0.5) is 17.1 Å². The molecule has 4 aromatic rings. The zero-order valence-corrected chi connectivity index (χ0v) is 77.0. The van der Waals surface area contributed by atoms with Gasteiger partial charge in [-0.25, -0.2) is 0 Å². The van der Waals surface area contributed by atoms with Crippen LogP contribution in [-0.4, -0.2) is 141 Å². The van der Waals surface area contributed by atoms with Gasteiger partial charge in [-0.15, -0.1) is 0 Å². The molecule has 117 heavy (non-hydrogen) atoms. The smallest absolute Gasteiger partial charge is 0.255 e. The minimum atomic E-state index is -1.75. The summed E-state index contributed by atoms with van der Waals surface area (Å²) in [5, 5.41) is 35.8. The number of anilines is 3. The Hall–Kier alpha value is -9.71. The van der Waals surface area contributed by atoms with Crippen LogP contribution in [0.1, 0.15) is 170 Å². The number of hydrogen-bond acceptors (Lipinski definition) is 9. The first-order chi connectivity index (χ1) is 55.6. The van der Waals surface area contributed by atoms with Crippen molar-refractivity contribution in [1.29, 1.82) is 0 Å². The Balaban J connectivity index is 0.966. The van der Waals surface area contributed by atoms with E-state index in [9.17, 15) is 28.8 Å². The van der Waals surface area contributed by atoms with E-state index in [2.05, 4.69) is 236 Å². The monoisotopic (exact) mass is 1680 g/mol.